The summed E-state index contributed by atoms with van der Waals surface area (Å²) in [5, 5.41) is 11.0. The summed E-state index contributed by atoms with van der Waals surface area (Å²) in [7, 11) is 1.65. The van der Waals surface area contributed by atoms with E-state index < -0.39 is 0 Å². The first kappa shape index (κ1) is 15.0. The van der Waals surface area contributed by atoms with Crippen LogP contribution in [0.4, 0.5) is 0 Å². The van der Waals surface area contributed by atoms with E-state index in [0.29, 0.717) is 11.4 Å². The number of likely N-dealkylation sites (N-methyl/N-ethyl adjacent to an activating group) is 1. The molecule has 1 saturated heterocycles. The minimum Gasteiger partial charge on any atom is -0.396 e. The molecule has 2 rings (SSSR count). The van der Waals surface area contributed by atoms with Crippen LogP contribution in [-0.4, -0.2) is 60.0 Å². The van der Waals surface area contributed by atoms with E-state index in [4.69, 9.17) is 0 Å². The number of rotatable bonds is 4. The van der Waals surface area contributed by atoms with E-state index in [1.807, 2.05) is 11.4 Å². The van der Waals surface area contributed by atoms with Gasteiger partial charge in [-0.2, -0.15) is 0 Å². The van der Waals surface area contributed by atoms with Gasteiger partial charge in [-0.05, 0) is 30.2 Å². The highest BCUT2D eigenvalue weighted by atomic mass is 32.1. The van der Waals surface area contributed by atoms with E-state index in [-0.39, 0.29) is 30.9 Å². The number of carbonyl (C=O) groups is 2. The summed E-state index contributed by atoms with van der Waals surface area (Å²) in [5.41, 5.74) is 0. The molecule has 2 heterocycles. The maximum absolute atomic E-state index is 12.2. The lowest BCUT2D eigenvalue weighted by Gasteiger charge is -2.33. The second-order valence-corrected chi connectivity index (χ2v) is 6.12. The van der Waals surface area contributed by atoms with Gasteiger partial charge < -0.3 is 14.9 Å². The third kappa shape index (κ3) is 3.58. The van der Waals surface area contributed by atoms with E-state index in [0.717, 1.165) is 19.4 Å². The Morgan fingerprint density at radius 2 is 2.35 bits per heavy atom. The zero-order valence-electron chi connectivity index (χ0n) is 11.6. The molecule has 1 atom stereocenters. The molecule has 20 heavy (non-hydrogen) atoms. The van der Waals surface area contributed by atoms with Crippen molar-refractivity contribution >= 4 is 23.2 Å². The molecule has 6 heteroatoms. The van der Waals surface area contributed by atoms with E-state index in [1.54, 1.807) is 18.0 Å². The van der Waals surface area contributed by atoms with Crippen LogP contribution in [0.1, 0.15) is 22.5 Å². The summed E-state index contributed by atoms with van der Waals surface area (Å²) in [6.07, 6.45) is 1.88. The lowest BCUT2D eigenvalue weighted by Crippen LogP contribution is -2.46. The van der Waals surface area contributed by atoms with Crippen molar-refractivity contribution in [3.05, 3.63) is 22.4 Å². The number of thiophene rings is 1. The molecule has 0 aromatic carbocycles. The average Bonchev–Trinajstić information content (AvgIpc) is 3.00. The SMILES string of the molecule is CN(CC(=O)N1CCCC(CO)C1)C(=O)c1cccs1. The van der Waals surface area contributed by atoms with Gasteiger partial charge in [0.25, 0.3) is 5.91 Å². The van der Waals surface area contributed by atoms with Gasteiger partial charge in [-0.15, -0.1) is 11.3 Å². The van der Waals surface area contributed by atoms with Gasteiger partial charge in [-0.1, -0.05) is 6.07 Å². The summed E-state index contributed by atoms with van der Waals surface area (Å²) in [6.45, 7) is 1.52. The van der Waals surface area contributed by atoms with Gasteiger partial charge >= 0.3 is 0 Å². The molecular formula is C14H20N2O3S. The van der Waals surface area contributed by atoms with Crippen LogP contribution in [0, 0.1) is 5.92 Å². The molecular weight excluding hydrogens is 276 g/mol. The Morgan fingerprint density at radius 3 is 3.00 bits per heavy atom. The number of nitrogens with zero attached hydrogens (tertiary/aromatic N) is 2. The normalized spacial score (nSPS) is 18.9. The van der Waals surface area contributed by atoms with Crippen molar-refractivity contribution < 1.29 is 14.7 Å². The van der Waals surface area contributed by atoms with Crippen LogP contribution in [0.25, 0.3) is 0 Å². The second-order valence-electron chi connectivity index (χ2n) is 5.17. The summed E-state index contributed by atoms with van der Waals surface area (Å²) in [5.74, 6) is 0.00521. The zero-order valence-corrected chi connectivity index (χ0v) is 12.4. The van der Waals surface area contributed by atoms with Crippen LogP contribution < -0.4 is 0 Å². The Kier molecular flexibility index (Phi) is 5.14. The molecule has 5 nitrogen and oxygen atoms in total. The number of hydrogen-bond acceptors (Lipinski definition) is 4. The molecule has 0 aliphatic carbocycles. The maximum atomic E-state index is 12.2. The Morgan fingerprint density at radius 1 is 1.55 bits per heavy atom. The number of amides is 2. The Hall–Kier alpha value is -1.40. The molecule has 0 spiro atoms. The van der Waals surface area contributed by atoms with Crippen LogP contribution in [0.3, 0.4) is 0 Å². The predicted molar refractivity (Wildman–Crippen MR) is 77.7 cm³/mol. The first-order valence-corrected chi connectivity index (χ1v) is 7.67. The fourth-order valence-electron chi connectivity index (χ4n) is 2.40. The van der Waals surface area contributed by atoms with Crippen LogP contribution in [0.15, 0.2) is 17.5 Å². The van der Waals surface area contributed by atoms with Crippen molar-refractivity contribution in [3.8, 4) is 0 Å². The lowest BCUT2D eigenvalue weighted by atomic mass is 9.99. The highest BCUT2D eigenvalue weighted by Gasteiger charge is 2.25. The molecule has 2 amide bonds. The first-order valence-electron chi connectivity index (χ1n) is 6.79. The van der Waals surface area contributed by atoms with E-state index in [9.17, 15) is 14.7 Å². The summed E-state index contributed by atoms with van der Waals surface area (Å²) in [4.78, 5) is 28.1. The Bertz CT molecular complexity index is 461. The molecule has 110 valence electrons. The lowest BCUT2D eigenvalue weighted by molar-refractivity contribution is -0.133. The van der Waals surface area contributed by atoms with Crippen LogP contribution in [0.5, 0.6) is 0 Å². The smallest absolute Gasteiger partial charge is 0.264 e. The third-order valence-electron chi connectivity index (χ3n) is 3.58. The Labute approximate surface area is 122 Å². The molecule has 1 aliphatic rings. The minimum absolute atomic E-state index is 0.0458. The van der Waals surface area contributed by atoms with Gasteiger partial charge in [0.1, 0.15) is 0 Å². The van der Waals surface area contributed by atoms with Crippen LogP contribution >= 0.6 is 11.3 Å². The summed E-state index contributed by atoms with van der Waals surface area (Å²) in [6, 6.07) is 3.58. The molecule has 0 bridgehead atoms. The highest BCUT2D eigenvalue weighted by Crippen LogP contribution is 2.16. The number of piperidine rings is 1. The van der Waals surface area contributed by atoms with Crippen molar-refractivity contribution in [2.75, 3.05) is 33.3 Å². The van der Waals surface area contributed by atoms with Gasteiger partial charge in [0.2, 0.25) is 5.91 Å². The van der Waals surface area contributed by atoms with Gasteiger partial charge in [0, 0.05) is 26.7 Å². The monoisotopic (exact) mass is 296 g/mol. The fraction of sp³-hybridized carbons (Fsp3) is 0.571. The molecule has 1 aliphatic heterocycles. The predicted octanol–water partition coefficient (Wildman–Crippen LogP) is 1.05. The van der Waals surface area contributed by atoms with Gasteiger partial charge in [-0.25, -0.2) is 0 Å². The largest absolute Gasteiger partial charge is 0.396 e. The second kappa shape index (κ2) is 6.85. The molecule has 1 unspecified atom stereocenters. The van der Waals surface area contributed by atoms with Crippen LogP contribution in [-0.2, 0) is 4.79 Å². The molecule has 1 fully saturated rings. The van der Waals surface area contributed by atoms with E-state index >= 15 is 0 Å². The van der Waals surface area contributed by atoms with Crippen molar-refractivity contribution in [3.63, 3.8) is 0 Å². The average molecular weight is 296 g/mol. The Balaban J connectivity index is 1.89. The fourth-order valence-corrected chi connectivity index (χ4v) is 3.12. The van der Waals surface area contributed by atoms with Crippen molar-refractivity contribution in [2.24, 2.45) is 5.92 Å². The number of aliphatic hydroxyl groups excluding tert-OH is 1. The number of likely N-dealkylation sites (tertiary alicyclic amines) is 1. The molecule has 0 saturated carbocycles. The van der Waals surface area contributed by atoms with E-state index in [1.165, 1.54) is 16.2 Å². The van der Waals surface area contributed by atoms with Gasteiger partial charge in [-0.3, -0.25) is 9.59 Å². The van der Waals surface area contributed by atoms with Crippen LogP contribution in [0.2, 0.25) is 0 Å². The van der Waals surface area contributed by atoms with Gasteiger partial charge in [0.05, 0.1) is 11.4 Å². The van der Waals surface area contributed by atoms with Crippen molar-refractivity contribution in [2.45, 2.75) is 12.8 Å². The quantitative estimate of drug-likeness (QED) is 0.903. The number of aliphatic hydroxyl groups is 1. The number of carbonyl (C=O) groups excluding carboxylic acids is 2. The van der Waals surface area contributed by atoms with Crippen molar-refractivity contribution in [1.29, 1.82) is 0 Å². The standard InChI is InChI=1S/C14H20N2O3S/c1-15(14(19)12-5-3-7-20-12)9-13(18)16-6-2-4-11(8-16)10-17/h3,5,7,11,17H,2,4,6,8-10H2,1H3. The minimum atomic E-state index is -0.121. The summed E-state index contributed by atoms with van der Waals surface area (Å²) >= 11 is 1.38. The first-order chi connectivity index (χ1) is 9.61. The zero-order chi connectivity index (χ0) is 14.5. The topological polar surface area (TPSA) is 60.9 Å². The molecule has 1 N–H and O–H groups in total. The maximum Gasteiger partial charge on any atom is 0.264 e. The molecule has 1 aromatic heterocycles. The van der Waals surface area contributed by atoms with E-state index in [2.05, 4.69) is 0 Å². The number of hydrogen-bond donors (Lipinski definition) is 1. The highest BCUT2D eigenvalue weighted by molar-refractivity contribution is 7.12. The summed E-state index contributed by atoms with van der Waals surface area (Å²) < 4.78 is 0. The third-order valence-corrected chi connectivity index (χ3v) is 4.44. The van der Waals surface area contributed by atoms with Crippen molar-refractivity contribution in [1.82, 2.24) is 9.80 Å². The molecule has 1 aromatic rings. The molecule has 0 radical (unpaired) electrons. The van der Waals surface area contributed by atoms with Gasteiger partial charge in [0.15, 0.2) is 0 Å².